The van der Waals surface area contributed by atoms with Crippen LogP contribution in [0.5, 0.6) is 0 Å². The van der Waals surface area contributed by atoms with Crippen LogP contribution in [0.4, 0.5) is 0 Å². The molecular weight excluding hydrogens is 328 g/mol. The van der Waals surface area contributed by atoms with Gasteiger partial charge in [-0.25, -0.2) is 5.43 Å². The Morgan fingerprint density at radius 3 is 2.62 bits per heavy atom. The number of halogens is 1. The molecule has 3 N–H and O–H groups in total. The number of benzene rings is 2. The summed E-state index contributed by atoms with van der Waals surface area (Å²) in [6, 6.07) is 16.4. The van der Waals surface area contributed by atoms with Crippen LogP contribution in [0.2, 0.25) is 0 Å². The summed E-state index contributed by atoms with van der Waals surface area (Å²) in [5.41, 5.74) is 6.18. The number of rotatable bonds is 4. The lowest BCUT2D eigenvalue weighted by Crippen LogP contribution is -2.29. The van der Waals surface area contributed by atoms with E-state index >= 15 is 0 Å². The van der Waals surface area contributed by atoms with E-state index in [0.717, 1.165) is 27.6 Å². The molecule has 1 heterocycles. The molecular formula is C17H17BrN2O. The molecule has 108 valence electrons. The van der Waals surface area contributed by atoms with Gasteiger partial charge in [0, 0.05) is 9.86 Å². The fraction of sp³-hybridized carbons (Fsp3) is 0.176. The summed E-state index contributed by atoms with van der Waals surface area (Å²) in [5.74, 6) is 6.58. The van der Waals surface area contributed by atoms with Gasteiger partial charge in [0.15, 0.2) is 0 Å². The van der Waals surface area contributed by atoms with Crippen molar-refractivity contribution in [3.8, 4) is 0 Å². The summed E-state index contributed by atoms with van der Waals surface area (Å²) in [7, 11) is 0. The molecule has 1 aromatic heterocycles. The quantitative estimate of drug-likeness (QED) is 0.549. The van der Waals surface area contributed by atoms with Crippen molar-refractivity contribution in [3.05, 3.63) is 69.9 Å². The van der Waals surface area contributed by atoms with Crippen LogP contribution < -0.4 is 11.3 Å². The maximum atomic E-state index is 5.92. The number of aryl methyl sites for hydroxylation is 1. The van der Waals surface area contributed by atoms with Crippen LogP contribution in [0.15, 0.2) is 57.4 Å². The predicted molar refractivity (Wildman–Crippen MR) is 88.9 cm³/mol. The Balaban J connectivity index is 1.88. The van der Waals surface area contributed by atoms with Crippen LogP contribution in [-0.2, 0) is 6.42 Å². The van der Waals surface area contributed by atoms with E-state index in [2.05, 4.69) is 58.6 Å². The Labute approximate surface area is 132 Å². The largest absolute Gasteiger partial charge is 0.459 e. The zero-order chi connectivity index (χ0) is 14.8. The Morgan fingerprint density at radius 1 is 1.14 bits per heavy atom. The number of nitrogens with one attached hydrogen (secondary N) is 1. The molecule has 3 nitrogen and oxygen atoms in total. The standard InChI is InChI=1S/C17H17BrN2O/c1-11-2-7-16-13(8-11)10-17(21-16)15(20-19)9-12-3-5-14(18)6-4-12/h2-8,10,15,20H,9,19H2,1H3. The smallest absolute Gasteiger partial charge is 0.134 e. The molecule has 0 aliphatic heterocycles. The third-order valence-electron chi connectivity index (χ3n) is 3.59. The van der Waals surface area contributed by atoms with Crippen LogP contribution in [0.1, 0.15) is 22.9 Å². The molecule has 0 fully saturated rings. The first kappa shape index (κ1) is 14.3. The number of hydrogen-bond acceptors (Lipinski definition) is 3. The van der Waals surface area contributed by atoms with Crippen molar-refractivity contribution in [1.82, 2.24) is 5.43 Å². The number of nitrogens with two attached hydrogens (primary N) is 1. The van der Waals surface area contributed by atoms with E-state index in [4.69, 9.17) is 10.3 Å². The summed E-state index contributed by atoms with van der Waals surface area (Å²) in [6.07, 6.45) is 0.780. The Hall–Kier alpha value is -1.62. The van der Waals surface area contributed by atoms with E-state index in [1.807, 2.05) is 18.2 Å². The zero-order valence-electron chi connectivity index (χ0n) is 11.8. The molecule has 1 unspecified atom stereocenters. The number of hydrogen-bond donors (Lipinski definition) is 2. The van der Waals surface area contributed by atoms with Crippen molar-refractivity contribution in [3.63, 3.8) is 0 Å². The minimum absolute atomic E-state index is 0.0427. The molecule has 0 saturated carbocycles. The monoisotopic (exact) mass is 344 g/mol. The van der Waals surface area contributed by atoms with Gasteiger partial charge in [-0.05, 0) is 49.2 Å². The lowest BCUT2D eigenvalue weighted by atomic mass is 10.0. The summed E-state index contributed by atoms with van der Waals surface area (Å²) in [6.45, 7) is 2.08. The van der Waals surface area contributed by atoms with Gasteiger partial charge in [-0.3, -0.25) is 5.84 Å². The van der Waals surface area contributed by atoms with Gasteiger partial charge in [0.05, 0.1) is 6.04 Å². The molecule has 21 heavy (non-hydrogen) atoms. The summed E-state index contributed by atoms with van der Waals surface area (Å²) in [4.78, 5) is 0. The first-order valence-electron chi connectivity index (χ1n) is 6.86. The topological polar surface area (TPSA) is 51.2 Å². The van der Waals surface area contributed by atoms with E-state index in [9.17, 15) is 0 Å². The molecule has 0 radical (unpaired) electrons. The third kappa shape index (κ3) is 3.18. The maximum Gasteiger partial charge on any atom is 0.134 e. The lowest BCUT2D eigenvalue weighted by Gasteiger charge is -2.13. The second-order valence-corrected chi connectivity index (χ2v) is 6.16. The molecule has 0 aliphatic carbocycles. The molecule has 0 bridgehead atoms. The predicted octanol–water partition coefficient (Wildman–Crippen LogP) is 4.25. The normalized spacial score (nSPS) is 12.7. The van der Waals surface area contributed by atoms with Gasteiger partial charge in [0.25, 0.3) is 0 Å². The highest BCUT2D eigenvalue weighted by Gasteiger charge is 2.15. The average molecular weight is 345 g/mol. The second-order valence-electron chi connectivity index (χ2n) is 5.24. The fourth-order valence-electron chi connectivity index (χ4n) is 2.45. The molecule has 3 rings (SSSR count). The first-order valence-corrected chi connectivity index (χ1v) is 7.65. The summed E-state index contributed by atoms with van der Waals surface area (Å²) < 4.78 is 6.99. The van der Waals surface area contributed by atoms with Crippen molar-refractivity contribution in [2.24, 2.45) is 5.84 Å². The van der Waals surface area contributed by atoms with E-state index in [1.54, 1.807) is 0 Å². The van der Waals surface area contributed by atoms with E-state index in [1.165, 1.54) is 11.1 Å². The van der Waals surface area contributed by atoms with Gasteiger partial charge in [-0.2, -0.15) is 0 Å². The van der Waals surface area contributed by atoms with Crippen LogP contribution in [0.3, 0.4) is 0 Å². The number of furan rings is 1. The van der Waals surface area contributed by atoms with Crippen molar-refractivity contribution in [2.45, 2.75) is 19.4 Å². The summed E-state index contributed by atoms with van der Waals surface area (Å²) in [5, 5.41) is 1.11. The van der Waals surface area contributed by atoms with Crippen molar-refractivity contribution in [1.29, 1.82) is 0 Å². The van der Waals surface area contributed by atoms with Crippen LogP contribution in [0.25, 0.3) is 11.0 Å². The Morgan fingerprint density at radius 2 is 1.90 bits per heavy atom. The second kappa shape index (κ2) is 6.02. The van der Waals surface area contributed by atoms with Crippen molar-refractivity contribution < 1.29 is 4.42 Å². The third-order valence-corrected chi connectivity index (χ3v) is 4.12. The lowest BCUT2D eigenvalue weighted by molar-refractivity contribution is 0.434. The van der Waals surface area contributed by atoms with E-state index in [-0.39, 0.29) is 6.04 Å². The highest BCUT2D eigenvalue weighted by atomic mass is 79.9. The molecule has 0 amide bonds. The SMILES string of the molecule is Cc1ccc2oc(C(Cc3ccc(Br)cc3)NN)cc2c1. The number of fused-ring (bicyclic) bond motifs is 1. The van der Waals surface area contributed by atoms with Crippen LogP contribution in [0, 0.1) is 6.92 Å². The molecule has 1 atom stereocenters. The molecule has 0 saturated heterocycles. The summed E-state index contributed by atoms with van der Waals surface area (Å²) >= 11 is 3.44. The zero-order valence-corrected chi connectivity index (χ0v) is 13.4. The van der Waals surface area contributed by atoms with E-state index in [0.29, 0.717) is 0 Å². The fourth-order valence-corrected chi connectivity index (χ4v) is 2.72. The minimum Gasteiger partial charge on any atom is -0.459 e. The molecule has 2 aromatic carbocycles. The number of hydrazine groups is 1. The molecule has 4 heteroatoms. The first-order chi connectivity index (χ1) is 10.2. The highest BCUT2D eigenvalue weighted by Crippen LogP contribution is 2.27. The van der Waals surface area contributed by atoms with E-state index < -0.39 is 0 Å². The minimum atomic E-state index is -0.0427. The van der Waals surface area contributed by atoms with Gasteiger partial charge in [-0.1, -0.05) is 39.7 Å². The van der Waals surface area contributed by atoms with Gasteiger partial charge >= 0.3 is 0 Å². The highest BCUT2D eigenvalue weighted by molar-refractivity contribution is 9.10. The molecule has 0 aliphatic rings. The van der Waals surface area contributed by atoms with Gasteiger partial charge < -0.3 is 4.42 Å². The van der Waals surface area contributed by atoms with Gasteiger partial charge in [0.2, 0.25) is 0 Å². The maximum absolute atomic E-state index is 5.92. The van der Waals surface area contributed by atoms with Gasteiger partial charge in [0.1, 0.15) is 11.3 Å². The molecule has 0 spiro atoms. The Bertz CT molecular complexity index is 749. The molecule has 3 aromatic rings. The van der Waals surface area contributed by atoms with Crippen LogP contribution in [-0.4, -0.2) is 0 Å². The van der Waals surface area contributed by atoms with Gasteiger partial charge in [-0.15, -0.1) is 0 Å². The average Bonchev–Trinajstić information content (AvgIpc) is 2.89. The van der Waals surface area contributed by atoms with Crippen LogP contribution >= 0.6 is 15.9 Å². The van der Waals surface area contributed by atoms with Crippen molar-refractivity contribution in [2.75, 3.05) is 0 Å². The van der Waals surface area contributed by atoms with Crippen molar-refractivity contribution >= 4 is 26.9 Å². The Kier molecular flexibility index (Phi) is 4.10.